The lowest BCUT2D eigenvalue weighted by Crippen LogP contribution is -2.44. The van der Waals surface area contributed by atoms with Gasteiger partial charge in [0.25, 0.3) is 11.8 Å². The highest BCUT2D eigenvalue weighted by Crippen LogP contribution is 2.30. The van der Waals surface area contributed by atoms with Crippen molar-refractivity contribution in [2.24, 2.45) is 7.05 Å². The molecule has 1 aliphatic heterocycles. The molecule has 152 valence electrons. The molecule has 0 bridgehead atoms. The normalized spacial score (nSPS) is 20.0. The molecular weight excluding hydrogens is 363 g/mol. The van der Waals surface area contributed by atoms with Crippen LogP contribution in [0, 0.1) is 0 Å². The molecule has 2 atom stereocenters. The Balaban J connectivity index is 1.85. The van der Waals surface area contributed by atoms with Crippen LogP contribution >= 0.6 is 0 Å². The van der Waals surface area contributed by atoms with Crippen LogP contribution in [-0.2, 0) is 11.8 Å². The SMILES string of the molecule is CC(C)c1ccoc1C(=O)N[C@@H]1CN(C(=O)C(C)(C)F)C[C@H]1c1cncn1C. The molecule has 2 amide bonds. The summed E-state index contributed by atoms with van der Waals surface area (Å²) >= 11 is 0. The van der Waals surface area contributed by atoms with E-state index in [0.717, 1.165) is 11.3 Å². The predicted molar refractivity (Wildman–Crippen MR) is 102 cm³/mol. The Labute approximate surface area is 163 Å². The van der Waals surface area contributed by atoms with Gasteiger partial charge in [-0.1, -0.05) is 13.8 Å². The number of aromatic nitrogens is 2. The van der Waals surface area contributed by atoms with Crippen molar-refractivity contribution in [1.29, 1.82) is 0 Å². The van der Waals surface area contributed by atoms with E-state index in [1.165, 1.54) is 25.0 Å². The zero-order chi connectivity index (χ0) is 20.6. The number of nitrogens with one attached hydrogen (secondary N) is 1. The minimum absolute atomic E-state index is 0.140. The molecule has 3 heterocycles. The number of alkyl halides is 1. The van der Waals surface area contributed by atoms with E-state index in [1.54, 1.807) is 18.6 Å². The number of nitrogens with zero attached hydrogens (tertiary/aromatic N) is 3. The first-order valence-corrected chi connectivity index (χ1v) is 9.42. The zero-order valence-corrected chi connectivity index (χ0v) is 16.9. The number of imidazole rings is 1. The van der Waals surface area contributed by atoms with Gasteiger partial charge in [0.2, 0.25) is 0 Å². The van der Waals surface area contributed by atoms with E-state index in [1.807, 2.05) is 25.5 Å². The highest BCUT2D eigenvalue weighted by Gasteiger charge is 2.43. The molecule has 0 saturated carbocycles. The number of carbonyl (C=O) groups is 2. The van der Waals surface area contributed by atoms with Crippen molar-refractivity contribution < 1.29 is 18.4 Å². The average molecular weight is 390 g/mol. The van der Waals surface area contributed by atoms with Crippen molar-refractivity contribution in [3.63, 3.8) is 0 Å². The Kier molecular flexibility index (Phi) is 5.32. The highest BCUT2D eigenvalue weighted by molar-refractivity contribution is 5.93. The second-order valence-electron chi connectivity index (χ2n) is 8.16. The molecule has 0 aromatic carbocycles. The van der Waals surface area contributed by atoms with Gasteiger partial charge in [-0.25, -0.2) is 9.37 Å². The zero-order valence-electron chi connectivity index (χ0n) is 16.9. The molecule has 2 aromatic rings. The van der Waals surface area contributed by atoms with Crippen LogP contribution in [0.1, 0.15) is 61.3 Å². The van der Waals surface area contributed by atoms with E-state index >= 15 is 0 Å². The molecule has 1 aliphatic rings. The summed E-state index contributed by atoms with van der Waals surface area (Å²) in [5.41, 5.74) is -0.270. The van der Waals surface area contributed by atoms with Gasteiger partial charge in [0.1, 0.15) is 0 Å². The van der Waals surface area contributed by atoms with Crippen molar-refractivity contribution in [2.75, 3.05) is 13.1 Å². The third-order valence-electron chi connectivity index (χ3n) is 5.19. The third-order valence-corrected chi connectivity index (χ3v) is 5.19. The van der Waals surface area contributed by atoms with Crippen molar-refractivity contribution in [1.82, 2.24) is 19.8 Å². The Morgan fingerprint density at radius 1 is 1.36 bits per heavy atom. The van der Waals surface area contributed by atoms with Gasteiger partial charge in [0.15, 0.2) is 11.4 Å². The Morgan fingerprint density at radius 3 is 2.64 bits per heavy atom. The predicted octanol–water partition coefficient (Wildman–Crippen LogP) is 2.61. The molecule has 8 heteroatoms. The minimum atomic E-state index is -1.97. The molecule has 0 aliphatic carbocycles. The fourth-order valence-electron chi connectivity index (χ4n) is 3.71. The van der Waals surface area contributed by atoms with Crippen LogP contribution in [0.2, 0.25) is 0 Å². The van der Waals surface area contributed by atoms with Crippen LogP contribution in [0.15, 0.2) is 29.3 Å². The van der Waals surface area contributed by atoms with Crippen LogP contribution in [0.3, 0.4) is 0 Å². The Morgan fingerprint density at radius 2 is 2.07 bits per heavy atom. The second kappa shape index (κ2) is 7.41. The monoisotopic (exact) mass is 390 g/mol. The molecule has 1 N–H and O–H groups in total. The summed E-state index contributed by atoms with van der Waals surface area (Å²) in [6.45, 7) is 7.01. The lowest BCUT2D eigenvalue weighted by molar-refractivity contribution is -0.140. The van der Waals surface area contributed by atoms with E-state index in [2.05, 4.69) is 10.3 Å². The molecule has 0 spiro atoms. The van der Waals surface area contributed by atoms with E-state index < -0.39 is 11.6 Å². The number of rotatable bonds is 5. The average Bonchev–Trinajstić information content (AvgIpc) is 3.32. The maximum atomic E-state index is 14.2. The van der Waals surface area contributed by atoms with Crippen LogP contribution in [0.4, 0.5) is 4.39 Å². The summed E-state index contributed by atoms with van der Waals surface area (Å²) < 4.78 is 21.5. The number of halogens is 1. The molecule has 0 unspecified atom stereocenters. The highest BCUT2D eigenvalue weighted by atomic mass is 19.1. The number of amides is 2. The summed E-state index contributed by atoms with van der Waals surface area (Å²) in [4.78, 5) is 30.9. The molecule has 1 fully saturated rings. The molecule has 0 radical (unpaired) electrons. The maximum Gasteiger partial charge on any atom is 0.287 e. The molecule has 1 saturated heterocycles. The third kappa shape index (κ3) is 3.81. The summed E-state index contributed by atoms with van der Waals surface area (Å²) in [5.74, 6) is -0.701. The Bertz CT molecular complexity index is 865. The molecule has 3 rings (SSSR count). The topological polar surface area (TPSA) is 80.4 Å². The number of aryl methyl sites for hydroxylation is 1. The molecule has 2 aromatic heterocycles. The second-order valence-corrected chi connectivity index (χ2v) is 8.16. The first kappa shape index (κ1) is 20.1. The number of likely N-dealkylation sites (tertiary alicyclic amines) is 1. The van der Waals surface area contributed by atoms with Gasteiger partial charge in [-0.3, -0.25) is 9.59 Å². The molecule has 7 nitrogen and oxygen atoms in total. The number of furan rings is 1. The van der Waals surface area contributed by atoms with Gasteiger partial charge in [-0.05, 0) is 25.8 Å². The first-order valence-electron chi connectivity index (χ1n) is 9.42. The lowest BCUT2D eigenvalue weighted by Gasteiger charge is -2.22. The standard InChI is InChI=1S/C20H27FN4O3/c1-12(2)13-6-7-28-17(13)18(26)23-15-10-25(19(27)20(3,4)21)9-14(15)16-8-22-11-24(16)5/h6-8,11-12,14-15H,9-10H2,1-5H3,(H,23,26)/t14-,15-/m1/s1. The fraction of sp³-hybridized carbons (Fsp3) is 0.550. The summed E-state index contributed by atoms with van der Waals surface area (Å²) in [5, 5.41) is 2.99. The van der Waals surface area contributed by atoms with Crippen LogP contribution in [0.5, 0.6) is 0 Å². The quantitative estimate of drug-likeness (QED) is 0.851. The van der Waals surface area contributed by atoms with Gasteiger partial charge >= 0.3 is 0 Å². The molecule has 28 heavy (non-hydrogen) atoms. The summed E-state index contributed by atoms with van der Waals surface area (Å²) in [6, 6.07) is 1.41. The number of hydrogen-bond acceptors (Lipinski definition) is 4. The van der Waals surface area contributed by atoms with Crippen molar-refractivity contribution in [3.05, 3.63) is 41.9 Å². The van der Waals surface area contributed by atoms with E-state index in [9.17, 15) is 14.0 Å². The van der Waals surface area contributed by atoms with Gasteiger partial charge in [0, 0.05) is 43.5 Å². The maximum absolute atomic E-state index is 14.2. The summed E-state index contributed by atoms with van der Waals surface area (Å²) in [6.07, 6.45) is 4.88. The smallest absolute Gasteiger partial charge is 0.287 e. The van der Waals surface area contributed by atoms with Crippen LogP contribution in [0.25, 0.3) is 0 Å². The number of hydrogen-bond donors (Lipinski definition) is 1. The lowest BCUT2D eigenvalue weighted by atomic mass is 9.99. The van der Waals surface area contributed by atoms with Gasteiger partial charge < -0.3 is 19.2 Å². The van der Waals surface area contributed by atoms with Gasteiger partial charge in [-0.2, -0.15) is 0 Å². The van der Waals surface area contributed by atoms with Crippen molar-refractivity contribution >= 4 is 11.8 Å². The summed E-state index contributed by atoms with van der Waals surface area (Å²) in [7, 11) is 1.86. The van der Waals surface area contributed by atoms with E-state index in [4.69, 9.17) is 4.42 Å². The largest absolute Gasteiger partial charge is 0.459 e. The first-order chi connectivity index (χ1) is 13.1. The minimum Gasteiger partial charge on any atom is -0.459 e. The van der Waals surface area contributed by atoms with E-state index in [-0.39, 0.29) is 36.1 Å². The Hall–Kier alpha value is -2.64. The van der Waals surface area contributed by atoms with Crippen molar-refractivity contribution in [2.45, 2.75) is 51.2 Å². The van der Waals surface area contributed by atoms with Crippen LogP contribution in [-0.4, -0.2) is 51.1 Å². The fourth-order valence-corrected chi connectivity index (χ4v) is 3.71. The van der Waals surface area contributed by atoms with Gasteiger partial charge in [-0.15, -0.1) is 0 Å². The van der Waals surface area contributed by atoms with Crippen molar-refractivity contribution in [3.8, 4) is 0 Å². The number of carbonyl (C=O) groups excluding carboxylic acids is 2. The van der Waals surface area contributed by atoms with Gasteiger partial charge in [0.05, 0.1) is 18.6 Å². The van der Waals surface area contributed by atoms with E-state index in [0.29, 0.717) is 6.54 Å². The van der Waals surface area contributed by atoms with Crippen LogP contribution < -0.4 is 5.32 Å². The molecular formula is C20H27FN4O3.